The lowest BCUT2D eigenvalue weighted by Crippen LogP contribution is -2.26. The molecule has 0 bridgehead atoms. The average Bonchev–Trinajstić information content (AvgIpc) is 2.61. The van der Waals surface area contributed by atoms with Gasteiger partial charge < -0.3 is 20.1 Å². The number of hydrogen-bond acceptors (Lipinski definition) is 4. The smallest absolute Gasteiger partial charge is 0.262 e. The Bertz CT molecular complexity index is 757. The average molecular weight is 356 g/mol. The summed E-state index contributed by atoms with van der Waals surface area (Å²) < 4.78 is 10.4. The largest absolute Gasteiger partial charge is 0.483 e. The lowest BCUT2D eigenvalue weighted by molar-refractivity contribution is -0.118. The molecule has 138 valence electrons. The van der Waals surface area contributed by atoms with E-state index in [1.165, 1.54) is 0 Å². The number of ether oxygens (including phenoxy) is 2. The SMILES string of the molecule is COCCNC(=O)c1ccc(NC(=O)COc2ccc(C)cc2C)cc1. The van der Waals surface area contributed by atoms with Crippen molar-refractivity contribution in [3.63, 3.8) is 0 Å². The topological polar surface area (TPSA) is 76.7 Å². The third-order valence-corrected chi connectivity index (χ3v) is 3.71. The Balaban J connectivity index is 1.84. The molecule has 26 heavy (non-hydrogen) atoms. The molecule has 6 heteroatoms. The van der Waals surface area contributed by atoms with Crippen LogP contribution in [0.25, 0.3) is 0 Å². The zero-order chi connectivity index (χ0) is 18.9. The molecule has 0 aliphatic rings. The fraction of sp³-hybridized carbons (Fsp3) is 0.300. The van der Waals surface area contributed by atoms with Gasteiger partial charge in [-0.05, 0) is 49.7 Å². The van der Waals surface area contributed by atoms with Crippen molar-refractivity contribution < 1.29 is 19.1 Å². The molecule has 6 nitrogen and oxygen atoms in total. The second-order valence-electron chi connectivity index (χ2n) is 5.93. The minimum Gasteiger partial charge on any atom is -0.483 e. The maximum absolute atomic E-state index is 12.0. The molecule has 0 heterocycles. The second kappa shape index (κ2) is 9.58. The van der Waals surface area contributed by atoms with E-state index in [0.29, 0.717) is 30.2 Å². The molecular weight excluding hydrogens is 332 g/mol. The number of hydrogen-bond donors (Lipinski definition) is 2. The van der Waals surface area contributed by atoms with Gasteiger partial charge in [-0.25, -0.2) is 0 Å². The highest BCUT2D eigenvalue weighted by molar-refractivity contribution is 5.96. The van der Waals surface area contributed by atoms with E-state index in [1.54, 1.807) is 31.4 Å². The molecule has 2 aromatic rings. The monoisotopic (exact) mass is 356 g/mol. The number of aryl methyl sites for hydroxylation is 2. The maximum Gasteiger partial charge on any atom is 0.262 e. The Hall–Kier alpha value is -2.86. The minimum absolute atomic E-state index is 0.0802. The van der Waals surface area contributed by atoms with E-state index in [0.717, 1.165) is 11.1 Å². The summed E-state index contributed by atoms with van der Waals surface area (Å²) in [6.07, 6.45) is 0. The van der Waals surface area contributed by atoms with Crippen LogP contribution in [0.1, 0.15) is 21.5 Å². The van der Waals surface area contributed by atoms with Crippen LogP contribution in [0.4, 0.5) is 5.69 Å². The van der Waals surface area contributed by atoms with Crippen LogP contribution < -0.4 is 15.4 Å². The number of anilines is 1. The molecule has 0 fully saturated rings. The van der Waals surface area contributed by atoms with Crippen LogP contribution in [0.15, 0.2) is 42.5 Å². The first-order valence-corrected chi connectivity index (χ1v) is 8.36. The van der Waals surface area contributed by atoms with Crippen LogP contribution >= 0.6 is 0 Å². The van der Waals surface area contributed by atoms with Crippen molar-refractivity contribution in [3.05, 3.63) is 59.2 Å². The third-order valence-electron chi connectivity index (χ3n) is 3.71. The zero-order valence-corrected chi connectivity index (χ0v) is 15.3. The van der Waals surface area contributed by atoms with Crippen molar-refractivity contribution in [2.24, 2.45) is 0 Å². The van der Waals surface area contributed by atoms with Crippen LogP contribution in [0.5, 0.6) is 5.75 Å². The number of amides is 2. The fourth-order valence-corrected chi connectivity index (χ4v) is 2.38. The molecule has 0 radical (unpaired) electrons. The first-order chi connectivity index (χ1) is 12.5. The van der Waals surface area contributed by atoms with Gasteiger partial charge in [-0.2, -0.15) is 0 Å². The lowest BCUT2D eigenvalue weighted by atomic mass is 10.1. The zero-order valence-electron chi connectivity index (χ0n) is 15.3. The Kier molecular flexibility index (Phi) is 7.17. The molecule has 0 aliphatic carbocycles. The van der Waals surface area contributed by atoms with Gasteiger partial charge >= 0.3 is 0 Å². The number of rotatable bonds is 8. The predicted molar refractivity (Wildman–Crippen MR) is 101 cm³/mol. The molecule has 0 atom stereocenters. The highest BCUT2D eigenvalue weighted by atomic mass is 16.5. The van der Waals surface area contributed by atoms with Crippen LogP contribution in [0.2, 0.25) is 0 Å². The molecule has 0 spiro atoms. The van der Waals surface area contributed by atoms with Gasteiger partial charge in [0.05, 0.1) is 6.61 Å². The predicted octanol–water partition coefficient (Wildman–Crippen LogP) is 2.70. The van der Waals surface area contributed by atoms with E-state index in [2.05, 4.69) is 10.6 Å². The van der Waals surface area contributed by atoms with Crippen LogP contribution in [-0.2, 0) is 9.53 Å². The van der Waals surface area contributed by atoms with Gasteiger partial charge in [-0.1, -0.05) is 17.7 Å². The highest BCUT2D eigenvalue weighted by Gasteiger charge is 2.08. The quantitative estimate of drug-likeness (QED) is 0.713. The van der Waals surface area contributed by atoms with E-state index in [9.17, 15) is 9.59 Å². The normalized spacial score (nSPS) is 10.3. The van der Waals surface area contributed by atoms with Gasteiger partial charge in [0.1, 0.15) is 5.75 Å². The van der Waals surface area contributed by atoms with Gasteiger partial charge in [0, 0.05) is 24.9 Å². The Morgan fingerprint density at radius 3 is 2.42 bits per heavy atom. The van der Waals surface area contributed by atoms with E-state index in [4.69, 9.17) is 9.47 Å². The van der Waals surface area contributed by atoms with Crippen molar-refractivity contribution in [1.82, 2.24) is 5.32 Å². The number of carbonyl (C=O) groups is 2. The molecule has 2 rings (SSSR count). The van der Waals surface area contributed by atoms with Gasteiger partial charge in [0.2, 0.25) is 0 Å². The number of carbonyl (C=O) groups excluding carboxylic acids is 2. The Morgan fingerprint density at radius 2 is 1.77 bits per heavy atom. The number of nitrogens with one attached hydrogen (secondary N) is 2. The van der Waals surface area contributed by atoms with Crippen LogP contribution in [0.3, 0.4) is 0 Å². The Morgan fingerprint density at radius 1 is 1.04 bits per heavy atom. The van der Waals surface area contributed by atoms with Crippen molar-refractivity contribution in [2.45, 2.75) is 13.8 Å². The van der Waals surface area contributed by atoms with Gasteiger partial charge in [0.15, 0.2) is 6.61 Å². The van der Waals surface area contributed by atoms with Crippen LogP contribution in [-0.4, -0.2) is 38.7 Å². The molecule has 0 unspecified atom stereocenters. The maximum atomic E-state index is 12.0. The van der Waals surface area contributed by atoms with E-state index in [1.807, 2.05) is 32.0 Å². The molecule has 0 aromatic heterocycles. The summed E-state index contributed by atoms with van der Waals surface area (Å²) in [6, 6.07) is 12.5. The molecule has 2 amide bonds. The molecular formula is C20H24N2O4. The summed E-state index contributed by atoms with van der Waals surface area (Å²) >= 11 is 0. The highest BCUT2D eigenvalue weighted by Crippen LogP contribution is 2.18. The van der Waals surface area contributed by atoms with Gasteiger partial charge in [0.25, 0.3) is 11.8 Å². The molecule has 0 saturated carbocycles. The van der Waals surface area contributed by atoms with Gasteiger partial charge in [-0.15, -0.1) is 0 Å². The Labute approximate surface area is 153 Å². The van der Waals surface area contributed by atoms with E-state index in [-0.39, 0.29) is 18.4 Å². The van der Waals surface area contributed by atoms with Crippen LogP contribution in [0, 0.1) is 13.8 Å². The summed E-state index contributed by atoms with van der Waals surface area (Å²) in [6.45, 7) is 4.77. The van der Waals surface area contributed by atoms with Crippen molar-refractivity contribution >= 4 is 17.5 Å². The second-order valence-corrected chi connectivity index (χ2v) is 5.93. The van der Waals surface area contributed by atoms with Crippen molar-refractivity contribution in [2.75, 3.05) is 32.2 Å². The van der Waals surface area contributed by atoms with E-state index >= 15 is 0 Å². The standard InChI is InChI=1S/C20H24N2O4/c1-14-4-9-18(15(2)12-14)26-13-19(23)22-17-7-5-16(6-8-17)20(24)21-10-11-25-3/h4-9,12H,10-11,13H2,1-3H3,(H,21,24)(H,22,23). The van der Waals surface area contributed by atoms with Crippen molar-refractivity contribution in [1.29, 1.82) is 0 Å². The van der Waals surface area contributed by atoms with E-state index < -0.39 is 0 Å². The fourth-order valence-electron chi connectivity index (χ4n) is 2.38. The molecule has 0 aliphatic heterocycles. The third kappa shape index (κ3) is 5.89. The summed E-state index contributed by atoms with van der Waals surface area (Å²) in [7, 11) is 1.58. The summed E-state index contributed by atoms with van der Waals surface area (Å²) in [5, 5.41) is 5.48. The molecule has 0 saturated heterocycles. The minimum atomic E-state index is -0.262. The molecule has 2 N–H and O–H groups in total. The van der Waals surface area contributed by atoms with Crippen molar-refractivity contribution in [3.8, 4) is 5.75 Å². The first kappa shape index (κ1) is 19.5. The summed E-state index contributed by atoms with van der Waals surface area (Å²) in [5.41, 5.74) is 3.26. The lowest BCUT2D eigenvalue weighted by Gasteiger charge is -2.10. The summed E-state index contributed by atoms with van der Waals surface area (Å²) in [5.74, 6) is 0.245. The first-order valence-electron chi connectivity index (χ1n) is 8.36. The number of benzene rings is 2. The van der Waals surface area contributed by atoms with Gasteiger partial charge in [-0.3, -0.25) is 9.59 Å². The molecule has 2 aromatic carbocycles. The summed E-state index contributed by atoms with van der Waals surface area (Å²) in [4.78, 5) is 23.9. The number of methoxy groups -OCH3 is 1.